The zero-order valence-electron chi connectivity index (χ0n) is 10.9. The van der Waals surface area contributed by atoms with Crippen molar-refractivity contribution in [1.82, 2.24) is 0 Å². The fraction of sp³-hybridized carbons (Fsp3) is 0.385. The Balaban J connectivity index is 2.30. The van der Waals surface area contributed by atoms with E-state index in [1.807, 2.05) is 0 Å². The molecule has 0 saturated carbocycles. The van der Waals surface area contributed by atoms with Crippen LogP contribution in [0, 0.1) is 17.0 Å². The molecule has 0 aliphatic carbocycles. The molecule has 4 nitrogen and oxygen atoms in total. The first-order valence-electron chi connectivity index (χ1n) is 6.20. The molecule has 0 bridgehead atoms. The second kappa shape index (κ2) is 6.33. The minimum atomic E-state index is -1.14. The number of hydrogen-bond donors (Lipinski definition) is 2. The number of ether oxygens (including phenoxy) is 1. The van der Waals surface area contributed by atoms with Gasteiger partial charge < -0.3 is 15.8 Å². The number of rotatable bonds is 3. The fourth-order valence-electron chi connectivity index (χ4n) is 2.20. The molecular formula is C13H13BrF2N2O2S. The molecule has 0 spiro atoms. The molecule has 1 saturated heterocycles. The number of carbonyl (C=O) groups is 1. The van der Waals surface area contributed by atoms with Crippen molar-refractivity contribution < 1.29 is 18.3 Å². The minimum absolute atomic E-state index is 0.00114. The van der Waals surface area contributed by atoms with Crippen LogP contribution >= 0.6 is 28.1 Å². The van der Waals surface area contributed by atoms with E-state index in [9.17, 15) is 13.6 Å². The lowest BCUT2D eigenvalue weighted by molar-refractivity contribution is -0.126. The van der Waals surface area contributed by atoms with Crippen LogP contribution in [0.25, 0.3) is 0 Å². The van der Waals surface area contributed by atoms with Crippen molar-refractivity contribution in [2.24, 2.45) is 11.1 Å². The highest BCUT2D eigenvalue weighted by Crippen LogP contribution is 2.34. The molecule has 0 unspecified atom stereocenters. The number of halogens is 3. The number of nitrogens with one attached hydrogen (secondary N) is 1. The molecule has 2 rings (SSSR count). The van der Waals surface area contributed by atoms with Crippen LogP contribution in [0.2, 0.25) is 0 Å². The molecular weight excluding hydrogens is 366 g/mol. The Hall–Kier alpha value is -1.12. The van der Waals surface area contributed by atoms with Crippen molar-refractivity contribution >= 4 is 44.7 Å². The third-order valence-corrected chi connectivity index (χ3v) is 4.35. The summed E-state index contributed by atoms with van der Waals surface area (Å²) < 4.78 is 33.0. The van der Waals surface area contributed by atoms with Crippen LogP contribution in [0.4, 0.5) is 14.5 Å². The summed E-state index contributed by atoms with van der Waals surface area (Å²) in [6.07, 6.45) is 0.571. The van der Waals surface area contributed by atoms with E-state index in [1.165, 1.54) is 0 Å². The van der Waals surface area contributed by atoms with Gasteiger partial charge in [0.15, 0.2) is 11.6 Å². The molecule has 1 aromatic rings. The molecule has 1 amide bonds. The molecule has 1 fully saturated rings. The Morgan fingerprint density at radius 1 is 1.33 bits per heavy atom. The molecule has 0 aromatic heterocycles. The third-order valence-electron chi connectivity index (χ3n) is 3.50. The third kappa shape index (κ3) is 3.22. The number of benzene rings is 1. The lowest BCUT2D eigenvalue weighted by atomic mass is 9.79. The van der Waals surface area contributed by atoms with E-state index >= 15 is 0 Å². The summed E-state index contributed by atoms with van der Waals surface area (Å²) in [6.45, 7) is 0.631. The number of anilines is 1. The van der Waals surface area contributed by atoms with Crippen LogP contribution in [0.3, 0.4) is 0 Å². The Morgan fingerprint density at radius 3 is 2.33 bits per heavy atom. The van der Waals surface area contributed by atoms with Crippen LogP contribution in [-0.2, 0) is 9.53 Å². The minimum Gasteiger partial charge on any atom is -0.392 e. The molecule has 0 radical (unpaired) electrons. The average molecular weight is 379 g/mol. The van der Waals surface area contributed by atoms with E-state index in [4.69, 9.17) is 22.7 Å². The number of hydrogen-bond acceptors (Lipinski definition) is 3. The van der Waals surface area contributed by atoms with Gasteiger partial charge in [-0.1, -0.05) is 28.1 Å². The number of nitrogens with two attached hydrogens (primary N) is 1. The molecule has 0 atom stereocenters. The number of carbonyl (C=O) groups excluding carboxylic acids is 1. The van der Waals surface area contributed by atoms with E-state index in [0.717, 1.165) is 12.1 Å². The Kier molecular flexibility index (Phi) is 4.90. The zero-order valence-corrected chi connectivity index (χ0v) is 13.3. The lowest BCUT2D eigenvalue weighted by Gasteiger charge is -2.34. The molecule has 3 N–H and O–H groups in total. The van der Waals surface area contributed by atoms with Gasteiger partial charge in [0.05, 0.1) is 4.99 Å². The maximum absolute atomic E-state index is 13.8. The van der Waals surface area contributed by atoms with Gasteiger partial charge in [0, 0.05) is 17.7 Å². The zero-order chi connectivity index (χ0) is 15.6. The summed E-state index contributed by atoms with van der Waals surface area (Å²) in [4.78, 5) is 12.4. The number of thiocarbonyl (C=S) groups is 1. The number of amides is 1. The molecule has 1 aliphatic heterocycles. The van der Waals surface area contributed by atoms with Crippen molar-refractivity contribution in [3.8, 4) is 0 Å². The van der Waals surface area contributed by atoms with Crippen molar-refractivity contribution in [3.05, 3.63) is 28.2 Å². The van der Waals surface area contributed by atoms with E-state index in [1.54, 1.807) is 0 Å². The monoisotopic (exact) mass is 378 g/mol. The quantitative estimate of drug-likeness (QED) is 0.793. The van der Waals surface area contributed by atoms with E-state index in [2.05, 4.69) is 21.2 Å². The smallest absolute Gasteiger partial charge is 0.237 e. The van der Waals surface area contributed by atoms with Gasteiger partial charge in [0.2, 0.25) is 5.91 Å². The van der Waals surface area contributed by atoms with Crippen molar-refractivity contribution in [1.29, 1.82) is 0 Å². The van der Waals surface area contributed by atoms with Gasteiger partial charge in [-0.2, -0.15) is 0 Å². The first-order chi connectivity index (χ1) is 9.86. The van der Waals surface area contributed by atoms with Crippen LogP contribution in [0.1, 0.15) is 12.8 Å². The van der Waals surface area contributed by atoms with Gasteiger partial charge in [-0.15, -0.1) is 0 Å². The van der Waals surface area contributed by atoms with Crippen molar-refractivity contribution in [3.63, 3.8) is 0 Å². The van der Waals surface area contributed by atoms with Gasteiger partial charge >= 0.3 is 0 Å². The largest absolute Gasteiger partial charge is 0.392 e. The Labute approximate surface area is 134 Å². The molecule has 1 aromatic carbocycles. The highest BCUT2D eigenvalue weighted by molar-refractivity contribution is 9.10. The normalized spacial score (nSPS) is 17.3. The summed E-state index contributed by atoms with van der Waals surface area (Å²) >= 11 is 7.95. The Morgan fingerprint density at radius 2 is 1.86 bits per heavy atom. The van der Waals surface area contributed by atoms with Crippen molar-refractivity contribution in [2.45, 2.75) is 12.8 Å². The maximum Gasteiger partial charge on any atom is 0.237 e. The van der Waals surface area contributed by atoms with Gasteiger partial charge in [-0.05, 0) is 25.0 Å². The van der Waals surface area contributed by atoms with Gasteiger partial charge in [0.25, 0.3) is 0 Å². The second-order valence-corrected chi connectivity index (χ2v) is 6.11. The highest BCUT2D eigenvalue weighted by atomic mass is 79.9. The van der Waals surface area contributed by atoms with E-state index in [-0.39, 0.29) is 22.3 Å². The summed E-state index contributed by atoms with van der Waals surface area (Å²) in [7, 11) is 0. The van der Waals surface area contributed by atoms with Gasteiger partial charge in [-0.25, -0.2) is 8.78 Å². The summed E-state index contributed by atoms with van der Waals surface area (Å²) in [5.74, 6) is -2.36. The first-order valence-corrected chi connectivity index (χ1v) is 7.40. The van der Waals surface area contributed by atoms with E-state index in [0.29, 0.717) is 13.2 Å². The van der Waals surface area contributed by atoms with Crippen molar-refractivity contribution in [2.75, 3.05) is 18.5 Å². The van der Waals surface area contributed by atoms with Crippen LogP contribution in [0.15, 0.2) is 16.6 Å². The molecule has 1 aliphatic rings. The molecule has 21 heavy (non-hydrogen) atoms. The molecule has 1 heterocycles. The molecule has 8 heteroatoms. The maximum atomic E-state index is 13.8. The van der Waals surface area contributed by atoms with E-state index < -0.39 is 28.6 Å². The fourth-order valence-corrected chi connectivity index (χ4v) is 2.90. The SMILES string of the molecule is NC(=S)C1(C(=O)Nc2c(F)cc(Br)cc2F)CCOCC1. The summed E-state index contributed by atoms with van der Waals surface area (Å²) in [6, 6.07) is 2.13. The van der Waals surface area contributed by atoms with Gasteiger partial charge in [0.1, 0.15) is 11.1 Å². The summed E-state index contributed by atoms with van der Waals surface area (Å²) in [5, 5.41) is 2.26. The van der Waals surface area contributed by atoms with Crippen LogP contribution in [-0.4, -0.2) is 24.1 Å². The second-order valence-electron chi connectivity index (χ2n) is 4.76. The first kappa shape index (κ1) is 16.3. The lowest BCUT2D eigenvalue weighted by Crippen LogP contribution is -2.49. The predicted octanol–water partition coefficient (Wildman–Crippen LogP) is 2.75. The van der Waals surface area contributed by atoms with Crippen LogP contribution in [0.5, 0.6) is 0 Å². The van der Waals surface area contributed by atoms with Gasteiger partial charge in [-0.3, -0.25) is 4.79 Å². The Bertz CT molecular complexity index is 569. The average Bonchev–Trinajstić information content (AvgIpc) is 2.43. The topological polar surface area (TPSA) is 64.4 Å². The standard InChI is InChI=1S/C13H13BrF2N2O2S/c14-7-5-8(15)10(9(16)6-7)18-12(19)13(11(17)21)1-3-20-4-2-13/h5-6H,1-4H2,(H2,17,21)(H,18,19). The summed E-state index contributed by atoms with van der Waals surface area (Å²) in [5.41, 5.74) is 4.03. The predicted molar refractivity (Wildman–Crippen MR) is 82.0 cm³/mol. The highest BCUT2D eigenvalue weighted by Gasteiger charge is 2.43. The molecule has 114 valence electrons. The van der Waals surface area contributed by atoms with Crippen LogP contribution < -0.4 is 11.1 Å².